The molecule has 3 aromatic rings. The number of aromatic nitrogens is 2. The summed E-state index contributed by atoms with van der Waals surface area (Å²) in [7, 11) is 0. The number of carbonyl (C=O) groups excluding carboxylic acids is 1. The molecule has 0 aliphatic heterocycles. The Balaban J connectivity index is 1.68. The summed E-state index contributed by atoms with van der Waals surface area (Å²) in [6, 6.07) is 11.9. The van der Waals surface area contributed by atoms with Gasteiger partial charge in [0, 0.05) is 23.1 Å². The number of pyridine rings is 2. The molecule has 1 aromatic carbocycles. The number of nitrogen functional groups attached to an aromatic ring is 1. The van der Waals surface area contributed by atoms with Crippen molar-refractivity contribution in [2.45, 2.75) is 13.3 Å². The van der Waals surface area contributed by atoms with Crippen LogP contribution < -0.4 is 16.8 Å². The van der Waals surface area contributed by atoms with Crippen LogP contribution in [0.2, 0.25) is 0 Å². The molecule has 6 nitrogen and oxygen atoms in total. The molecule has 2 heterocycles. The first-order valence-electron chi connectivity index (χ1n) is 8.70. The third-order valence-corrected chi connectivity index (χ3v) is 4.98. The summed E-state index contributed by atoms with van der Waals surface area (Å²) in [6.45, 7) is 2.59. The van der Waals surface area contributed by atoms with Crippen LogP contribution in [0, 0.1) is 18.8 Å². The summed E-state index contributed by atoms with van der Waals surface area (Å²) in [4.78, 5) is 21.1. The van der Waals surface area contributed by atoms with Crippen molar-refractivity contribution in [3.8, 4) is 11.3 Å². The van der Waals surface area contributed by atoms with Crippen LogP contribution >= 0.6 is 0 Å². The van der Waals surface area contributed by atoms with Gasteiger partial charge in [-0.25, -0.2) is 9.97 Å². The maximum atomic E-state index is 12.2. The third-order valence-electron chi connectivity index (χ3n) is 4.98. The second-order valence-corrected chi connectivity index (χ2v) is 6.83. The van der Waals surface area contributed by atoms with Gasteiger partial charge in [-0.1, -0.05) is 24.3 Å². The van der Waals surface area contributed by atoms with E-state index in [0.29, 0.717) is 24.1 Å². The minimum Gasteiger partial charge on any atom is -0.383 e. The molecule has 0 radical (unpaired) electrons. The number of amides is 1. The van der Waals surface area contributed by atoms with Crippen molar-refractivity contribution in [1.29, 1.82) is 0 Å². The predicted octanol–water partition coefficient (Wildman–Crippen LogP) is 2.72. The number of hydrogen-bond acceptors (Lipinski definition) is 5. The summed E-state index contributed by atoms with van der Waals surface area (Å²) < 4.78 is 0. The van der Waals surface area contributed by atoms with E-state index >= 15 is 0 Å². The molecule has 0 unspecified atom stereocenters. The first-order chi connectivity index (χ1) is 12.6. The maximum Gasteiger partial charge on any atom is 0.228 e. The molecule has 26 heavy (non-hydrogen) atoms. The van der Waals surface area contributed by atoms with Gasteiger partial charge < -0.3 is 16.8 Å². The van der Waals surface area contributed by atoms with Gasteiger partial charge in [0.2, 0.25) is 5.91 Å². The van der Waals surface area contributed by atoms with Gasteiger partial charge in [-0.2, -0.15) is 0 Å². The van der Waals surface area contributed by atoms with Crippen molar-refractivity contribution >= 4 is 28.3 Å². The van der Waals surface area contributed by atoms with Crippen molar-refractivity contribution in [2.75, 3.05) is 17.6 Å². The molecule has 132 valence electrons. The highest BCUT2D eigenvalue weighted by molar-refractivity contribution is 5.98. The summed E-state index contributed by atoms with van der Waals surface area (Å²) in [5.74, 6) is 1.22. The van der Waals surface area contributed by atoms with Crippen molar-refractivity contribution < 1.29 is 4.79 Å². The number of benzene rings is 1. The predicted molar refractivity (Wildman–Crippen MR) is 103 cm³/mol. The molecular weight excluding hydrogens is 326 g/mol. The van der Waals surface area contributed by atoms with Gasteiger partial charge in [-0.05, 0) is 48.9 Å². The van der Waals surface area contributed by atoms with E-state index in [0.717, 1.165) is 34.0 Å². The zero-order valence-electron chi connectivity index (χ0n) is 14.6. The van der Waals surface area contributed by atoms with E-state index in [2.05, 4.69) is 15.3 Å². The Bertz CT molecular complexity index is 1000. The van der Waals surface area contributed by atoms with Crippen LogP contribution in [-0.2, 0) is 4.79 Å². The molecule has 1 saturated carbocycles. The lowest BCUT2D eigenvalue weighted by atomic mass is 10.0. The quantitative estimate of drug-likeness (QED) is 0.673. The first kappa shape index (κ1) is 16.5. The lowest BCUT2D eigenvalue weighted by molar-refractivity contribution is -0.117. The summed E-state index contributed by atoms with van der Waals surface area (Å²) in [6.07, 6.45) is 2.51. The van der Waals surface area contributed by atoms with Gasteiger partial charge in [-0.3, -0.25) is 4.79 Å². The van der Waals surface area contributed by atoms with E-state index < -0.39 is 0 Å². The van der Waals surface area contributed by atoms with Gasteiger partial charge in [0.15, 0.2) is 0 Å². The van der Waals surface area contributed by atoms with E-state index in [-0.39, 0.29) is 11.8 Å². The standard InChI is InChI=1S/C20H21N5O/c1-11-4-2-3-5-14(11)17-7-12-8-18(23-10-16(12)19(22)24-17)25-20(26)15-6-13(15)9-21/h2-5,7-8,10,13,15H,6,9,21H2,1H3,(H2,22,24)(H,23,25,26)/t13-,15+/m0/s1. The lowest BCUT2D eigenvalue weighted by Crippen LogP contribution is -2.17. The Morgan fingerprint density at radius 2 is 2.12 bits per heavy atom. The normalized spacial score (nSPS) is 18.7. The van der Waals surface area contributed by atoms with Crippen LogP contribution in [0.4, 0.5) is 11.6 Å². The highest BCUT2D eigenvalue weighted by Crippen LogP contribution is 2.38. The average Bonchev–Trinajstić information content (AvgIpc) is 3.42. The smallest absolute Gasteiger partial charge is 0.228 e. The minimum absolute atomic E-state index is 0.00235. The Hall–Kier alpha value is -2.99. The number of rotatable bonds is 4. The number of nitrogens with zero attached hydrogens (tertiary/aromatic N) is 2. The number of anilines is 2. The first-order valence-corrected chi connectivity index (χ1v) is 8.70. The lowest BCUT2D eigenvalue weighted by Gasteiger charge is -2.10. The zero-order valence-corrected chi connectivity index (χ0v) is 14.6. The average molecular weight is 347 g/mol. The Kier molecular flexibility index (Phi) is 4.05. The van der Waals surface area contributed by atoms with Crippen LogP contribution in [0.5, 0.6) is 0 Å². The summed E-state index contributed by atoms with van der Waals surface area (Å²) in [5.41, 5.74) is 14.7. The molecule has 0 saturated heterocycles. The molecule has 1 amide bonds. The molecule has 2 aromatic heterocycles. The highest BCUT2D eigenvalue weighted by Gasteiger charge is 2.41. The second-order valence-electron chi connectivity index (χ2n) is 6.83. The van der Waals surface area contributed by atoms with Crippen LogP contribution in [0.3, 0.4) is 0 Å². The highest BCUT2D eigenvalue weighted by atomic mass is 16.2. The fourth-order valence-corrected chi connectivity index (χ4v) is 3.29. The molecule has 6 heteroatoms. The van der Waals surface area contributed by atoms with E-state index in [4.69, 9.17) is 11.5 Å². The Morgan fingerprint density at radius 1 is 1.31 bits per heavy atom. The summed E-state index contributed by atoms with van der Waals surface area (Å²) in [5, 5.41) is 4.55. The molecule has 1 aliphatic carbocycles. The van der Waals surface area contributed by atoms with Crippen LogP contribution in [0.15, 0.2) is 42.6 Å². The van der Waals surface area contributed by atoms with Crippen molar-refractivity contribution in [2.24, 2.45) is 17.6 Å². The van der Waals surface area contributed by atoms with E-state index in [1.54, 1.807) is 6.20 Å². The minimum atomic E-state index is -0.0199. The fraction of sp³-hybridized carbons (Fsp3) is 0.250. The molecule has 0 bridgehead atoms. The molecule has 1 aliphatic rings. The molecule has 0 spiro atoms. The monoisotopic (exact) mass is 347 g/mol. The Labute approximate surface area is 151 Å². The number of carbonyl (C=O) groups is 1. The van der Waals surface area contributed by atoms with Crippen LogP contribution in [0.1, 0.15) is 12.0 Å². The third kappa shape index (κ3) is 2.99. The topological polar surface area (TPSA) is 107 Å². The summed E-state index contributed by atoms with van der Waals surface area (Å²) >= 11 is 0. The van der Waals surface area contributed by atoms with Crippen LogP contribution in [0.25, 0.3) is 22.0 Å². The van der Waals surface area contributed by atoms with E-state index in [1.807, 2.05) is 43.3 Å². The van der Waals surface area contributed by atoms with E-state index in [9.17, 15) is 4.79 Å². The number of fused-ring (bicyclic) bond motifs is 1. The number of hydrogen-bond donors (Lipinski definition) is 3. The van der Waals surface area contributed by atoms with E-state index in [1.165, 1.54) is 0 Å². The van der Waals surface area contributed by atoms with Gasteiger partial charge >= 0.3 is 0 Å². The largest absolute Gasteiger partial charge is 0.383 e. The van der Waals surface area contributed by atoms with Gasteiger partial charge in [0.05, 0.1) is 5.69 Å². The van der Waals surface area contributed by atoms with Gasteiger partial charge in [-0.15, -0.1) is 0 Å². The molecular formula is C20H21N5O. The number of nitrogens with two attached hydrogens (primary N) is 2. The molecule has 2 atom stereocenters. The second kappa shape index (κ2) is 6.38. The van der Waals surface area contributed by atoms with Crippen molar-refractivity contribution in [1.82, 2.24) is 9.97 Å². The fourth-order valence-electron chi connectivity index (χ4n) is 3.29. The number of nitrogens with one attached hydrogen (secondary N) is 1. The molecule has 4 rings (SSSR count). The molecule has 5 N–H and O–H groups in total. The van der Waals surface area contributed by atoms with Crippen molar-refractivity contribution in [3.63, 3.8) is 0 Å². The zero-order chi connectivity index (χ0) is 18.3. The van der Waals surface area contributed by atoms with Gasteiger partial charge in [0.25, 0.3) is 0 Å². The number of aryl methyl sites for hydroxylation is 1. The van der Waals surface area contributed by atoms with Crippen LogP contribution in [-0.4, -0.2) is 22.4 Å². The maximum absolute atomic E-state index is 12.2. The Morgan fingerprint density at radius 3 is 2.85 bits per heavy atom. The van der Waals surface area contributed by atoms with Gasteiger partial charge in [0.1, 0.15) is 11.6 Å². The molecule has 1 fully saturated rings. The van der Waals surface area contributed by atoms with Crippen molar-refractivity contribution in [3.05, 3.63) is 48.2 Å². The SMILES string of the molecule is Cc1ccccc1-c1cc2cc(NC(=O)[C@@H]3C[C@H]3CN)ncc2c(N)n1.